The fraction of sp³-hybridized carbons (Fsp3) is 0.435. The summed E-state index contributed by atoms with van der Waals surface area (Å²) >= 11 is 0. The van der Waals surface area contributed by atoms with E-state index in [1.165, 1.54) is 12.5 Å². The van der Waals surface area contributed by atoms with E-state index >= 15 is 0 Å². The Morgan fingerprint density at radius 3 is 1.88 bits per heavy atom. The van der Waals surface area contributed by atoms with Crippen molar-refractivity contribution in [3.63, 3.8) is 0 Å². The second-order valence-electron chi connectivity index (χ2n) is 8.26. The molecule has 1 atom stereocenters. The Kier molecular flexibility index (Phi) is 8.18. The van der Waals surface area contributed by atoms with Gasteiger partial charge >= 0.3 is 12.4 Å². The topological polar surface area (TPSA) is 78.3 Å². The second-order valence-corrected chi connectivity index (χ2v) is 8.26. The smallest absolute Gasteiger partial charge is 0.374 e. The van der Waals surface area contributed by atoms with Crippen molar-refractivity contribution in [1.29, 1.82) is 0 Å². The molecule has 0 radical (unpaired) electrons. The zero-order valence-electron chi connectivity index (χ0n) is 18.1. The van der Waals surface area contributed by atoms with Crippen LogP contribution in [0.3, 0.4) is 0 Å². The van der Waals surface area contributed by atoms with E-state index in [9.17, 15) is 31.1 Å². The lowest BCUT2D eigenvalue weighted by molar-refractivity contribution is -0.143. The zero-order chi connectivity index (χ0) is 25.0. The third kappa shape index (κ3) is 7.46. The first-order valence-corrected chi connectivity index (χ1v) is 10.1. The molecule has 182 valence electrons. The summed E-state index contributed by atoms with van der Waals surface area (Å²) in [6.07, 6.45) is -10.3. The Morgan fingerprint density at radius 2 is 1.52 bits per heavy atom. The largest absolute Gasteiger partial charge is 0.416 e. The normalized spacial score (nSPS) is 21.4. The van der Waals surface area contributed by atoms with Gasteiger partial charge in [-0.1, -0.05) is 35.9 Å². The molecule has 0 saturated heterocycles. The number of alkyl halides is 6. The molecular formula is C23H26F6N2O2. The quantitative estimate of drug-likeness (QED) is 0.568. The highest BCUT2D eigenvalue weighted by molar-refractivity contribution is 5.85. The summed E-state index contributed by atoms with van der Waals surface area (Å²) < 4.78 is 82.6. The van der Waals surface area contributed by atoms with Gasteiger partial charge in [0, 0.05) is 0 Å². The van der Waals surface area contributed by atoms with Crippen LogP contribution in [-0.4, -0.2) is 18.1 Å². The van der Waals surface area contributed by atoms with Gasteiger partial charge in [-0.2, -0.15) is 26.3 Å². The number of aryl methyl sites for hydroxylation is 1. The van der Waals surface area contributed by atoms with Crippen molar-refractivity contribution < 1.29 is 35.9 Å². The van der Waals surface area contributed by atoms with Crippen LogP contribution in [-0.2, 0) is 21.9 Å². The highest BCUT2D eigenvalue weighted by atomic mass is 19.4. The highest BCUT2D eigenvalue weighted by Gasteiger charge is 2.46. The third-order valence-corrected chi connectivity index (χ3v) is 5.40. The van der Waals surface area contributed by atoms with Gasteiger partial charge in [0.25, 0.3) is 0 Å². The molecule has 0 aliphatic heterocycles. The van der Waals surface area contributed by atoms with Gasteiger partial charge in [-0.05, 0) is 56.4 Å². The lowest BCUT2D eigenvalue weighted by atomic mass is 9.69. The molecule has 33 heavy (non-hydrogen) atoms. The van der Waals surface area contributed by atoms with Gasteiger partial charge in [0.15, 0.2) is 0 Å². The fourth-order valence-corrected chi connectivity index (χ4v) is 3.41. The molecule has 1 fully saturated rings. The molecule has 3 rings (SSSR count). The van der Waals surface area contributed by atoms with Gasteiger partial charge in [-0.15, -0.1) is 0 Å². The Hall–Kier alpha value is -2.59. The summed E-state index contributed by atoms with van der Waals surface area (Å²) in [4.78, 5) is 11.1. The molecule has 1 aliphatic rings. The first-order chi connectivity index (χ1) is 15.1. The van der Waals surface area contributed by atoms with Crippen molar-refractivity contribution in [2.75, 3.05) is 6.61 Å². The third-order valence-electron chi connectivity index (χ3n) is 5.40. The first-order valence-electron chi connectivity index (χ1n) is 10.1. The van der Waals surface area contributed by atoms with Crippen LogP contribution in [0, 0.1) is 12.8 Å². The van der Waals surface area contributed by atoms with Gasteiger partial charge in [0.05, 0.1) is 29.4 Å². The maximum Gasteiger partial charge on any atom is 0.416 e. The molecule has 0 spiro atoms. The molecule has 0 aromatic heterocycles. The molecule has 1 aliphatic carbocycles. The predicted molar refractivity (Wildman–Crippen MR) is 111 cm³/mol. The monoisotopic (exact) mass is 476 g/mol. The summed E-state index contributed by atoms with van der Waals surface area (Å²) in [6.45, 7) is 3.49. The minimum absolute atomic E-state index is 0.0466. The number of rotatable bonds is 5. The average molecular weight is 476 g/mol. The molecule has 0 bridgehead atoms. The summed E-state index contributed by atoms with van der Waals surface area (Å²) in [5, 5.41) is 0. The summed E-state index contributed by atoms with van der Waals surface area (Å²) in [7, 11) is 0. The van der Waals surface area contributed by atoms with E-state index in [4.69, 9.17) is 16.2 Å². The van der Waals surface area contributed by atoms with Crippen LogP contribution in [0.25, 0.3) is 0 Å². The van der Waals surface area contributed by atoms with Crippen molar-refractivity contribution in [1.82, 2.24) is 0 Å². The van der Waals surface area contributed by atoms with E-state index in [0.29, 0.717) is 12.1 Å². The number of benzene rings is 2. The van der Waals surface area contributed by atoms with Gasteiger partial charge in [-0.3, -0.25) is 4.79 Å². The maximum atomic E-state index is 12.9. The van der Waals surface area contributed by atoms with Crippen LogP contribution < -0.4 is 11.5 Å². The van der Waals surface area contributed by atoms with Crippen molar-refractivity contribution in [3.05, 3.63) is 70.8 Å². The van der Waals surface area contributed by atoms with E-state index in [1.807, 2.05) is 18.2 Å². The summed E-state index contributed by atoms with van der Waals surface area (Å²) in [6, 6.07) is 11.6. The lowest BCUT2D eigenvalue weighted by Gasteiger charge is -2.42. The molecule has 1 saturated carbocycles. The summed E-state index contributed by atoms with van der Waals surface area (Å²) in [5.41, 5.74) is 8.02. The van der Waals surface area contributed by atoms with Crippen LogP contribution in [0.1, 0.15) is 48.1 Å². The Bertz CT molecular complexity index is 906. The van der Waals surface area contributed by atoms with Crippen LogP contribution in [0.2, 0.25) is 0 Å². The molecule has 1 amide bonds. The SMILES string of the molecule is C[C@@H](OCC1CC(N)(C(N)=O)C1)c1cc(C(F)(F)F)cc(C(F)(F)F)c1.Cc1ccccc1. The molecule has 2 aromatic rings. The van der Waals surface area contributed by atoms with Crippen LogP contribution in [0.4, 0.5) is 26.3 Å². The van der Waals surface area contributed by atoms with Crippen molar-refractivity contribution >= 4 is 5.91 Å². The van der Waals surface area contributed by atoms with Gasteiger partial charge in [-0.25, -0.2) is 0 Å². The fourth-order valence-electron chi connectivity index (χ4n) is 3.41. The molecule has 0 unspecified atom stereocenters. The number of primary amides is 1. The number of carbonyl (C=O) groups excluding carboxylic acids is 1. The zero-order valence-corrected chi connectivity index (χ0v) is 18.1. The van der Waals surface area contributed by atoms with E-state index in [1.54, 1.807) is 0 Å². The van der Waals surface area contributed by atoms with Crippen molar-refractivity contribution in [3.8, 4) is 0 Å². The highest BCUT2D eigenvalue weighted by Crippen LogP contribution is 2.39. The number of hydrogen-bond acceptors (Lipinski definition) is 3. The number of nitrogens with two attached hydrogens (primary N) is 2. The Balaban J connectivity index is 0.000000468. The average Bonchev–Trinajstić information content (AvgIpc) is 2.69. The molecule has 4 N–H and O–H groups in total. The van der Waals surface area contributed by atoms with Crippen molar-refractivity contribution in [2.24, 2.45) is 17.4 Å². The minimum Gasteiger partial charge on any atom is -0.374 e. The molecule has 2 aromatic carbocycles. The van der Waals surface area contributed by atoms with E-state index in [2.05, 4.69) is 19.1 Å². The number of halogens is 6. The second kappa shape index (κ2) is 10.1. The molecule has 0 heterocycles. The number of hydrogen-bond donors (Lipinski definition) is 2. The molecular weight excluding hydrogens is 450 g/mol. The number of carbonyl (C=O) groups is 1. The van der Waals surface area contributed by atoms with Crippen LogP contribution >= 0.6 is 0 Å². The molecule has 4 nitrogen and oxygen atoms in total. The van der Waals surface area contributed by atoms with E-state index < -0.39 is 41.0 Å². The standard InChI is InChI=1S/C16H18F6N2O2.C7H8/c1-8(26-7-9-5-14(24,6-9)13(23)25)10-2-11(15(17,18)19)4-12(3-10)16(20,21)22;1-7-5-3-2-4-6-7/h2-4,8-9H,5-7,24H2,1H3,(H2,23,25);2-6H,1H3/t8-,9?,14?;/m1./s1. The van der Waals surface area contributed by atoms with E-state index in [-0.39, 0.29) is 37.0 Å². The van der Waals surface area contributed by atoms with E-state index in [0.717, 1.165) is 0 Å². The van der Waals surface area contributed by atoms with Crippen LogP contribution in [0.5, 0.6) is 0 Å². The first kappa shape index (κ1) is 26.7. The minimum atomic E-state index is -4.91. The number of ether oxygens (including phenoxy) is 1. The summed E-state index contributed by atoms with van der Waals surface area (Å²) in [5.74, 6) is -0.794. The van der Waals surface area contributed by atoms with Crippen LogP contribution in [0.15, 0.2) is 48.5 Å². The van der Waals surface area contributed by atoms with Crippen molar-refractivity contribution in [2.45, 2.75) is 50.7 Å². The van der Waals surface area contributed by atoms with Gasteiger partial charge in [0.2, 0.25) is 5.91 Å². The Labute approximate surface area is 187 Å². The Morgan fingerprint density at radius 1 is 1.03 bits per heavy atom. The lowest BCUT2D eigenvalue weighted by Crippen LogP contribution is -2.61. The van der Waals surface area contributed by atoms with Gasteiger partial charge in [0.1, 0.15) is 0 Å². The maximum absolute atomic E-state index is 12.9. The molecule has 10 heteroatoms. The predicted octanol–water partition coefficient (Wildman–Crippen LogP) is 5.39. The number of amides is 1. The van der Waals surface area contributed by atoms with Gasteiger partial charge < -0.3 is 16.2 Å².